The van der Waals surface area contributed by atoms with Gasteiger partial charge < -0.3 is 16.0 Å². The molecule has 0 bridgehead atoms. The molecule has 0 heterocycles. The minimum Gasteiger partial charge on any atom is -0.339 e. The van der Waals surface area contributed by atoms with E-state index >= 15 is 0 Å². The molecule has 20 heavy (non-hydrogen) atoms. The first-order valence-electron chi connectivity index (χ1n) is 5.37. The number of benzene rings is 1. The van der Waals surface area contributed by atoms with E-state index in [4.69, 9.17) is 47.0 Å². The number of carbonyl (C=O) groups excluding carboxylic acids is 1. The molecule has 1 amide bonds. The zero-order valence-corrected chi connectivity index (χ0v) is 13.1. The first kappa shape index (κ1) is 17.2. The van der Waals surface area contributed by atoms with E-state index in [9.17, 15) is 9.18 Å². The number of nitrogens with one attached hydrogen (secondary N) is 3. The van der Waals surface area contributed by atoms with Gasteiger partial charge in [-0.1, -0.05) is 53.0 Å². The van der Waals surface area contributed by atoms with E-state index in [2.05, 4.69) is 16.0 Å². The summed E-state index contributed by atoms with van der Waals surface area (Å²) in [6.45, 7) is -1.22. The minimum absolute atomic E-state index is 0.117. The van der Waals surface area contributed by atoms with Crippen LogP contribution in [-0.4, -0.2) is 27.7 Å². The first-order chi connectivity index (χ1) is 9.32. The molecule has 4 nitrogen and oxygen atoms in total. The molecule has 0 aromatic heterocycles. The second-order valence-electron chi connectivity index (χ2n) is 3.64. The van der Waals surface area contributed by atoms with Gasteiger partial charge in [-0.15, -0.1) is 0 Å². The highest BCUT2D eigenvalue weighted by atomic mass is 35.6. The lowest BCUT2D eigenvalue weighted by Gasteiger charge is -2.27. The summed E-state index contributed by atoms with van der Waals surface area (Å²) >= 11 is 22.1. The molecule has 0 saturated heterocycles. The number of rotatable bonds is 4. The largest absolute Gasteiger partial charge is 0.339 e. The van der Waals surface area contributed by atoms with E-state index in [-0.39, 0.29) is 5.11 Å². The molecule has 1 aromatic carbocycles. The highest BCUT2D eigenvalue weighted by Crippen LogP contribution is 2.29. The fourth-order valence-electron chi connectivity index (χ4n) is 1.22. The van der Waals surface area contributed by atoms with Crippen LogP contribution in [0.5, 0.6) is 0 Å². The molecule has 1 aromatic rings. The maximum atomic E-state index is 12.2. The van der Waals surface area contributed by atoms with Crippen LogP contribution in [0.1, 0.15) is 0 Å². The average Bonchev–Trinajstić information content (AvgIpc) is 2.37. The Balaban J connectivity index is 2.65. The molecule has 0 fully saturated rings. The van der Waals surface area contributed by atoms with Crippen molar-refractivity contribution in [2.75, 3.05) is 12.0 Å². The van der Waals surface area contributed by atoms with Gasteiger partial charge in [-0.05, 0) is 24.4 Å². The predicted molar refractivity (Wildman–Crippen MR) is 84.0 cm³/mol. The molecule has 9 heteroatoms. The summed E-state index contributed by atoms with van der Waals surface area (Å²) in [6.07, 6.45) is -1.17. The van der Waals surface area contributed by atoms with E-state index in [1.54, 1.807) is 12.1 Å². The van der Waals surface area contributed by atoms with Gasteiger partial charge in [0.1, 0.15) is 6.17 Å². The molecular weight excluding hydrogens is 348 g/mol. The summed E-state index contributed by atoms with van der Waals surface area (Å²) in [6, 6.07) is 9.01. The maximum Gasteiger partial charge on any atom is 0.253 e. The van der Waals surface area contributed by atoms with Gasteiger partial charge in [0, 0.05) is 5.69 Å². The Morgan fingerprint density at radius 3 is 2.35 bits per heavy atom. The lowest BCUT2D eigenvalue weighted by atomic mass is 10.3. The number of alkyl halides is 4. The third-order valence-corrected chi connectivity index (χ3v) is 2.94. The summed E-state index contributed by atoms with van der Waals surface area (Å²) in [5.74, 6) is -0.920. The molecule has 0 saturated carbocycles. The van der Waals surface area contributed by atoms with E-state index in [0.717, 1.165) is 0 Å². The van der Waals surface area contributed by atoms with Gasteiger partial charge in [-0.2, -0.15) is 0 Å². The Hall–Kier alpha value is -0.820. The van der Waals surface area contributed by atoms with Gasteiger partial charge in [0.15, 0.2) is 11.8 Å². The molecular formula is C11H11Cl3FN3OS. The summed E-state index contributed by atoms with van der Waals surface area (Å²) in [4.78, 5) is 11.0. The van der Waals surface area contributed by atoms with Crippen LogP contribution in [0.4, 0.5) is 10.1 Å². The highest BCUT2D eigenvalue weighted by Gasteiger charge is 2.34. The molecule has 3 N–H and O–H groups in total. The molecule has 0 aliphatic rings. The summed E-state index contributed by atoms with van der Waals surface area (Å²) in [5, 5.41) is 7.72. The van der Waals surface area contributed by atoms with Crippen molar-refractivity contribution in [3.8, 4) is 0 Å². The number of carbonyl (C=O) groups is 1. The third-order valence-electron chi connectivity index (χ3n) is 2.06. The van der Waals surface area contributed by atoms with Gasteiger partial charge >= 0.3 is 0 Å². The molecule has 110 valence electrons. The lowest BCUT2D eigenvalue weighted by Crippen LogP contribution is -2.56. The summed E-state index contributed by atoms with van der Waals surface area (Å²) < 4.78 is 10.3. The predicted octanol–water partition coefficient (Wildman–Crippen LogP) is 2.76. The van der Waals surface area contributed by atoms with Crippen LogP contribution in [0.2, 0.25) is 0 Å². The summed E-state index contributed by atoms with van der Waals surface area (Å²) in [5.41, 5.74) is 0.713. The topological polar surface area (TPSA) is 53.2 Å². The fraction of sp³-hybridized carbons (Fsp3) is 0.273. The van der Waals surface area contributed by atoms with Crippen LogP contribution in [0.15, 0.2) is 30.3 Å². The quantitative estimate of drug-likeness (QED) is 0.440. The Labute approximate surface area is 136 Å². The Bertz CT molecular complexity index is 470. The molecule has 0 aliphatic heterocycles. The third kappa shape index (κ3) is 6.09. The second-order valence-corrected chi connectivity index (χ2v) is 6.42. The smallest absolute Gasteiger partial charge is 0.253 e. The number of para-hydroxylation sites is 1. The van der Waals surface area contributed by atoms with Crippen molar-refractivity contribution < 1.29 is 9.18 Å². The van der Waals surface area contributed by atoms with Crippen molar-refractivity contribution >= 4 is 63.7 Å². The van der Waals surface area contributed by atoms with Crippen molar-refractivity contribution in [1.82, 2.24) is 10.6 Å². The summed E-state index contributed by atoms with van der Waals surface area (Å²) in [7, 11) is 0. The lowest BCUT2D eigenvalue weighted by molar-refractivity contribution is -0.122. The Kier molecular flexibility index (Phi) is 6.75. The molecule has 0 aliphatic carbocycles. The van der Waals surface area contributed by atoms with Gasteiger partial charge in [-0.25, -0.2) is 4.39 Å². The van der Waals surface area contributed by atoms with Crippen molar-refractivity contribution in [1.29, 1.82) is 0 Å². The van der Waals surface area contributed by atoms with Gasteiger partial charge in [0.05, 0.1) is 0 Å². The Morgan fingerprint density at radius 2 is 1.85 bits per heavy atom. The second kappa shape index (κ2) is 7.83. The van der Waals surface area contributed by atoms with Crippen LogP contribution in [0.3, 0.4) is 0 Å². The normalized spacial score (nSPS) is 12.4. The monoisotopic (exact) mass is 357 g/mol. The van der Waals surface area contributed by atoms with E-state index in [1.807, 2.05) is 18.2 Å². The number of halogens is 4. The molecule has 0 radical (unpaired) electrons. The number of anilines is 1. The highest BCUT2D eigenvalue weighted by molar-refractivity contribution is 7.80. The van der Waals surface area contributed by atoms with Crippen LogP contribution < -0.4 is 16.0 Å². The fourth-order valence-corrected chi connectivity index (χ4v) is 1.78. The van der Waals surface area contributed by atoms with Gasteiger partial charge in [0.2, 0.25) is 3.79 Å². The van der Waals surface area contributed by atoms with Crippen LogP contribution >= 0.6 is 47.0 Å². The maximum absolute atomic E-state index is 12.2. The molecule has 1 rings (SSSR count). The number of amides is 1. The van der Waals surface area contributed by atoms with Gasteiger partial charge in [-0.3, -0.25) is 4.79 Å². The number of thiocarbonyl (C=S) groups is 1. The van der Waals surface area contributed by atoms with Crippen molar-refractivity contribution in [2.45, 2.75) is 9.96 Å². The first-order valence-corrected chi connectivity index (χ1v) is 6.91. The Morgan fingerprint density at radius 1 is 1.25 bits per heavy atom. The standard InChI is InChI=1S/C11H11Cl3FN3OS/c12-11(13,14)9(17-8(19)6-15)18-10(20)16-7-4-2-1-3-5-7/h1-5,9H,6H2,(H,17,19)(H2,16,18,20). The minimum atomic E-state index is -1.90. The van der Waals surface area contributed by atoms with Gasteiger partial charge in [0.25, 0.3) is 5.91 Å². The van der Waals surface area contributed by atoms with E-state index in [0.29, 0.717) is 5.69 Å². The molecule has 1 unspecified atom stereocenters. The van der Waals surface area contributed by atoms with E-state index < -0.39 is 22.5 Å². The average molecular weight is 359 g/mol. The zero-order chi connectivity index (χ0) is 15.2. The van der Waals surface area contributed by atoms with Crippen LogP contribution in [-0.2, 0) is 4.79 Å². The van der Waals surface area contributed by atoms with Crippen molar-refractivity contribution in [2.24, 2.45) is 0 Å². The van der Waals surface area contributed by atoms with Crippen LogP contribution in [0, 0.1) is 0 Å². The van der Waals surface area contributed by atoms with Crippen molar-refractivity contribution in [3.05, 3.63) is 30.3 Å². The van der Waals surface area contributed by atoms with E-state index in [1.165, 1.54) is 0 Å². The van der Waals surface area contributed by atoms with Crippen LogP contribution in [0.25, 0.3) is 0 Å². The zero-order valence-electron chi connectivity index (χ0n) is 10.00. The van der Waals surface area contributed by atoms with Crippen molar-refractivity contribution in [3.63, 3.8) is 0 Å². The number of hydrogen-bond acceptors (Lipinski definition) is 2. The SMILES string of the molecule is O=C(CF)NC(NC(=S)Nc1ccccc1)C(Cl)(Cl)Cl. The molecule has 0 spiro atoms. The molecule has 1 atom stereocenters. The number of hydrogen-bond donors (Lipinski definition) is 3.